The summed E-state index contributed by atoms with van der Waals surface area (Å²) in [5.74, 6) is 0.0258. The Morgan fingerprint density at radius 2 is 2.00 bits per heavy atom. The van der Waals surface area contributed by atoms with Crippen LogP contribution < -0.4 is 14.8 Å². The number of ether oxygens (including phenoxy) is 2. The first-order valence-corrected chi connectivity index (χ1v) is 7.57. The van der Waals surface area contributed by atoms with Gasteiger partial charge >= 0.3 is 5.97 Å². The van der Waals surface area contributed by atoms with Gasteiger partial charge in [0.1, 0.15) is 11.5 Å². The van der Waals surface area contributed by atoms with E-state index in [0.717, 1.165) is 0 Å². The maximum absolute atomic E-state index is 11.8. The van der Waals surface area contributed by atoms with E-state index in [-0.39, 0.29) is 18.4 Å². The van der Waals surface area contributed by atoms with Gasteiger partial charge in [-0.05, 0) is 25.0 Å². The third-order valence-electron chi connectivity index (χ3n) is 3.85. The van der Waals surface area contributed by atoms with Gasteiger partial charge in [0.25, 0.3) is 5.91 Å². The first kappa shape index (κ1) is 17.1. The van der Waals surface area contributed by atoms with E-state index in [1.165, 1.54) is 0 Å². The monoisotopic (exact) mass is 322 g/mol. The SMILES string of the molecule is COc1cccc(OCC(=O)NCN2CCC(C(=O)O)CC2)c1. The fourth-order valence-electron chi connectivity index (χ4n) is 2.43. The topological polar surface area (TPSA) is 88.1 Å². The lowest BCUT2D eigenvalue weighted by molar-refractivity contribution is -0.143. The minimum atomic E-state index is -0.736. The Kier molecular flexibility index (Phi) is 6.22. The first-order chi connectivity index (χ1) is 11.1. The molecule has 2 N–H and O–H groups in total. The predicted molar refractivity (Wildman–Crippen MR) is 83.4 cm³/mol. The molecule has 0 atom stereocenters. The number of hydrogen-bond acceptors (Lipinski definition) is 5. The number of nitrogens with zero attached hydrogens (tertiary/aromatic N) is 1. The summed E-state index contributed by atoms with van der Waals surface area (Å²) in [6, 6.07) is 7.06. The highest BCUT2D eigenvalue weighted by Gasteiger charge is 2.24. The molecule has 1 aromatic carbocycles. The minimum Gasteiger partial charge on any atom is -0.497 e. The van der Waals surface area contributed by atoms with Gasteiger partial charge in [-0.25, -0.2) is 0 Å². The number of hydrogen-bond donors (Lipinski definition) is 2. The lowest BCUT2D eigenvalue weighted by atomic mass is 9.97. The van der Waals surface area contributed by atoms with Crippen LogP contribution in [0.5, 0.6) is 11.5 Å². The van der Waals surface area contributed by atoms with E-state index in [2.05, 4.69) is 5.32 Å². The zero-order valence-electron chi connectivity index (χ0n) is 13.2. The Morgan fingerprint density at radius 1 is 1.30 bits per heavy atom. The van der Waals surface area contributed by atoms with Crippen LogP contribution in [0.15, 0.2) is 24.3 Å². The largest absolute Gasteiger partial charge is 0.497 e. The van der Waals surface area contributed by atoms with Crippen molar-refractivity contribution in [1.82, 2.24) is 10.2 Å². The van der Waals surface area contributed by atoms with Crippen LogP contribution in [-0.2, 0) is 9.59 Å². The van der Waals surface area contributed by atoms with Gasteiger partial charge in [-0.3, -0.25) is 14.5 Å². The molecule has 7 heteroatoms. The number of piperidine rings is 1. The summed E-state index contributed by atoms with van der Waals surface area (Å²) in [7, 11) is 1.57. The maximum atomic E-state index is 11.8. The number of methoxy groups -OCH3 is 1. The number of carboxylic acid groups (broad SMARTS) is 1. The molecule has 0 aromatic heterocycles. The van der Waals surface area contributed by atoms with Crippen molar-refractivity contribution in [2.45, 2.75) is 12.8 Å². The molecule has 0 bridgehead atoms. The highest BCUT2D eigenvalue weighted by Crippen LogP contribution is 2.18. The molecule has 1 aliphatic heterocycles. The van der Waals surface area contributed by atoms with E-state index < -0.39 is 5.97 Å². The van der Waals surface area contributed by atoms with E-state index in [9.17, 15) is 9.59 Å². The molecule has 7 nitrogen and oxygen atoms in total. The smallest absolute Gasteiger partial charge is 0.306 e. The second-order valence-corrected chi connectivity index (χ2v) is 5.46. The van der Waals surface area contributed by atoms with Gasteiger partial charge in [-0.2, -0.15) is 0 Å². The predicted octanol–water partition coefficient (Wildman–Crippen LogP) is 0.944. The fraction of sp³-hybridized carbons (Fsp3) is 0.500. The average Bonchev–Trinajstić information content (AvgIpc) is 2.58. The third kappa shape index (κ3) is 5.45. The molecule has 1 aliphatic rings. The van der Waals surface area contributed by atoms with Crippen molar-refractivity contribution in [1.29, 1.82) is 0 Å². The number of carbonyl (C=O) groups is 2. The van der Waals surface area contributed by atoms with Gasteiger partial charge in [-0.15, -0.1) is 0 Å². The highest BCUT2D eigenvalue weighted by atomic mass is 16.5. The zero-order valence-corrected chi connectivity index (χ0v) is 13.2. The second kappa shape index (κ2) is 8.38. The summed E-state index contributed by atoms with van der Waals surface area (Å²) in [4.78, 5) is 24.7. The zero-order chi connectivity index (χ0) is 16.7. The fourth-order valence-corrected chi connectivity index (χ4v) is 2.43. The summed E-state index contributed by atoms with van der Waals surface area (Å²) in [5, 5.41) is 11.7. The van der Waals surface area contributed by atoms with Crippen LogP contribution in [0.25, 0.3) is 0 Å². The number of nitrogens with one attached hydrogen (secondary N) is 1. The minimum absolute atomic E-state index is 0.0707. The molecular weight excluding hydrogens is 300 g/mol. The van der Waals surface area contributed by atoms with Crippen LogP contribution in [0, 0.1) is 5.92 Å². The summed E-state index contributed by atoms with van der Waals surface area (Å²) < 4.78 is 10.5. The normalized spacial score (nSPS) is 15.9. The number of carbonyl (C=O) groups excluding carboxylic acids is 1. The molecule has 0 aliphatic carbocycles. The van der Waals surface area contributed by atoms with Crippen LogP contribution in [0.3, 0.4) is 0 Å². The molecule has 1 heterocycles. The van der Waals surface area contributed by atoms with Crippen LogP contribution in [-0.4, -0.2) is 55.4 Å². The van der Waals surface area contributed by atoms with Gasteiger partial charge < -0.3 is 19.9 Å². The lowest BCUT2D eigenvalue weighted by Gasteiger charge is -2.29. The van der Waals surface area contributed by atoms with Crippen molar-refractivity contribution < 1.29 is 24.2 Å². The quantitative estimate of drug-likeness (QED) is 0.777. The standard InChI is InChI=1S/C16H22N2O5/c1-22-13-3-2-4-14(9-13)23-10-15(19)17-11-18-7-5-12(6-8-18)16(20)21/h2-4,9,12H,5-8,10-11H2,1H3,(H,17,19)(H,20,21). The molecule has 0 saturated carbocycles. The lowest BCUT2D eigenvalue weighted by Crippen LogP contribution is -2.44. The molecule has 126 valence electrons. The van der Waals surface area contributed by atoms with Crippen LogP contribution in [0.4, 0.5) is 0 Å². The molecule has 1 fully saturated rings. The Labute approximate surface area is 135 Å². The molecular formula is C16H22N2O5. The van der Waals surface area contributed by atoms with Crippen molar-refractivity contribution in [3.63, 3.8) is 0 Å². The Balaban J connectivity index is 1.66. The van der Waals surface area contributed by atoms with Gasteiger partial charge in [-0.1, -0.05) is 6.07 Å². The van der Waals surface area contributed by atoms with Crippen molar-refractivity contribution in [2.24, 2.45) is 5.92 Å². The number of likely N-dealkylation sites (tertiary alicyclic amines) is 1. The second-order valence-electron chi connectivity index (χ2n) is 5.46. The van der Waals surface area contributed by atoms with E-state index >= 15 is 0 Å². The third-order valence-corrected chi connectivity index (χ3v) is 3.85. The maximum Gasteiger partial charge on any atom is 0.306 e. The number of carboxylic acids is 1. The molecule has 1 aromatic rings. The summed E-state index contributed by atoms with van der Waals surface area (Å²) in [6.45, 7) is 1.69. The van der Waals surface area contributed by atoms with Crippen LogP contribution >= 0.6 is 0 Å². The molecule has 0 radical (unpaired) electrons. The van der Waals surface area contributed by atoms with Gasteiger partial charge in [0.05, 0.1) is 19.7 Å². The Bertz CT molecular complexity index is 541. The average molecular weight is 322 g/mol. The van der Waals surface area contributed by atoms with Crippen LogP contribution in [0.2, 0.25) is 0 Å². The van der Waals surface area contributed by atoms with Gasteiger partial charge in [0.15, 0.2) is 6.61 Å². The summed E-state index contributed by atoms with van der Waals surface area (Å²) in [6.07, 6.45) is 1.23. The summed E-state index contributed by atoms with van der Waals surface area (Å²) in [5.41, 5.74) is 0. The van der Waals surface area contributed by atoms with E-state index in [1.54, 1.807) is 31.4 Å². The molecule has 0 spiro atoms. The molecule has 1 saturated heterocycles. The Hall–Kier alpha value is -2.28. The molecule has 1 amide bonds. The van der Waals surface area contributed by atoms with Gasteiger partial charge in [0, 0.05) is 19.2 Å². The Morgan fingerprint density at radius 3 is 2.65 bits per heavy atom. The molecule has 23 heavy (non-hydrogen) atoms. The van der Waals surface area contributed by atoms with Crippen LogP contribution in [0.1, 0.15) is 12.8 Å². The van der Waals surface area contributed by atoms with E-state index in [4.69, 9.17) is 14.6 Å². The number of benzene rings is 1. The van der Waals surface area contributed by atoms with Crippen molar-refractivity contribution in [3.8, 4) is 11.5 Å². The van der Waals surface area contributed by atoms with Gasteiger partial charge in [0.2, 0.25) is 0 Å². The first-order valence-electron chi connectivity index (χ1n) is 7.57. The van der Waals surface area contributed by atoms with Crippen molar-refractivity contribution in [3.05, 3.63) is 24.3 Å². The highest BCUT2D eigenvalue weighted by molar-refractivity contribution is 5.77. The van der Waals surface area contributed by atoms with E-state index in [1.807, 2.05) is 4.90 Å². The van der Waals surface area contributed by atoms with Crippen molar-refractivity contribution >= 4 is 11.9 Å². The number of aliphatic carboxylic acids is 1. The summed E-state index contributed by atoms with van der Waals surface area (Å²) >= 11 is 0. The van der Waals surface area contributed by atoms with Crippen molar-refractivity contribution in [2.75, 3.05) is 33.5 Å². The molecule has 2 rings (SSSR count). The number of amides is 1. The molecule has 0 unspecified atom stereocenters. The number of rotatable bonds is 7. The van der Waals surface area contributed by atoms with E-state index in [0.29, 0.717) is 44.1 Å².